The van der Waals surface area contributed by atoms with Gasteiger partial charge in [-0.15, -0.1) is 0 Å². The summed E-state index contributed by atoms with van der Waals surface area (Å²) in [5, 5.41) is 9.72. The summed E-state index contributed by atoms with van der Waals surface area (Å²) >= 11 is 0. The smallest absolute Gasteiger partial charge is 0.314 e. The van der Waals surface area contributed by atoms with E-state index in [-0.39, 0.29) is 0 Å². The Bertz CT molecular complexity index is 437. The van der Waals surface area contributed by atoms with Crippen LogP contribution in [0.15, 0.2) is 30.3 Å². The molecule has 110 valence electrons. The summed E-state index contributed by atoms with van der Waals surface area (Å²) in [6.07, 6.45) is 1.39. The van der Waals surface area contributed by atoms with Gasteiger partial charge in [-0.2, -0.15) is 0 Å². The Morgan fingerprint density at radius 1 is 1.25 bits per heavy atom. The van der Waals surface area contributed by atoms with Gasteiger partial charge in [0.15, 0.2) is 0 Å². The molecule has 4 nitrogen and oxygen atoms in total. The molecule has 20 heavy (non-hydrogen) atoms. The van der Waals surface area contributed by atoms with Crippen LogP contribution in [0.2, 0.25) is 0 Å². The van der Waals surface area contributed by atoms with Gasteiger partial charge in [0.25, 0.3) is 0 Å². The van der Waals surface area contributed by atoms with E-state index in [1.165, 1.54) is 0 Å². The second-order valence-electron chi connectivity index (χ2n) is 5.90. The lowest BCUT2D eigenvalue weighted by molar-refractivity contribution is -0.146. The van der Waals surface area contributed by atoms with Crippen molar-refractivity contribution in [3.8, 4) is 0 Å². The Hall–Kier alpha value is -1.39. The van der Waals surface area contributed by atoms with Crippen molar-refractivity contribution in [3.05, 3.63) is 35.9 Å². The first-order valence-corrected chi connectivity index (χ1v) is 7.20. The van der Waals surface area contributed by atoms with Crippen LogP contribution in [-0.2, 0) is 10.2 Å². The summed E-state index contributed by atoms with van der Waals surface area (Å²) in [5.41, 5.74) is 0.246. The third-order valence-corrected chi connectivity index (χ3v) is 4.31. The highest BCUT2D eigenvalue weighted by Crippen LogP contribution is 2.35. The first kappa shape index (κ1) is 15.0. The van der Waals surface area contributed by atoms with Crippen LogP contribution in [0, 0.1) is 0 Å². The number of carboxylic acid groups (broad SMARTS) is 1. The number of benzene rings is 1. The number of hydrogen-bond donors (Lipinski definition) is 1. The van der Waals surface area contributed by atoms with E-state index in [4.69, 9.17) is 0 Å². The Morgan fingerprint density at radius 2 is 1.85 bits per heavy atom. The quantitative estimate of drug-likeness (QED) is 0.888. The van der Waals surface area contributed by atoms with Gasteiger partial charge < -0.3 is 14.9 Å². The predicted octanol–water partition coefficient (Wildman–Crippen LogP) is 1.67. The predicted molar refractivity (Wildman–Crippen MR) is 80.0 cm³/mol. The van der Waals surface area contributed by atoms with Crippen LogP contribution >= 0.6 is 0 Å². The molecule has 2 rings (SSSR count). The zero-order valence-electron chi connectivity index (χ0n) is 12.4. The number of nitrogens with zero attached hydrogens (tertiary/aromatic N) is 2. The van der Waals surface area contributed by atoms with E-state index < -0.39 is 11.4 Å². The molecule has 0 saturated carbocycles. The number of likely N-dealkylation sites (tertiary alicyclic amines) is 1. The largest absolute Gasteiger partial charge is 0.481 e. The van der Waals surface area contributed by atoms with E-state index in [0.717, 1.165) is 31.7 Å². The molecule has 1 fully saturated rings. The number of aliphatic carboxylic acids is 1. The molecule has 1 N–H and O–H groups in total. The SMILES string of the molecule is CN(C)CCN1CCC(C(=O)O)(c2ccccc2)CC1. The van der Waals surface area contributed by atoms with Crippen LogP contribution in [0.25, 0.3) is 0 Å². The highest BCUT2D eigenvalue weighted by Gasteiger charge is 2.42. The second kappa shape index (κ2) is 6.37. The molecule has 1 aliphatic rings. The Balaban J connectivity index is 2.06. The van der Waals surface area contributed by atoms with Crippen LogP contribution in [-0.4, -0.2) is 61.2 Å². The standard InChI is InChI=1S/C16H24N2O2/c1-17(2)12-13-18-10-8-16(9-11-18,15(19)20)14-6-4-3-5-7-14/h3-7H,8-13H2,1-2H3,(H,19,20). The number of hydrogen-bond acceptors (Lipinski definition) is 3. The zero-order chi connectivity index (χ0) is 14.6. The molecule has 4 heteroatoms. The fourth-order valence-corrected chi connectivity index (χ4v) is 2.88. The zero-order valence-corrected chi connectivity index (χ0v) is 12.4. The lowest BCUT2D eigenvalue weighted by atomic mass is 9.73. The molecule has 1 aromatic carbocycles. The van der Waals surface area contributed by atoms with Crippen LogP contribution < -0.4 is 0 Å². The molecule has 0 amide bonds. The van der Waals surface area contributed by atoms with Gasteiger partial charge in [-0.25, -0.2) is 0 Å². The fraction of sp³-hybridized carbons (Fsp3) is 0.562. The van der Waals surface area contributed by atoms with E-state index in [9.17, 15) is 9.90 Å². The van der Waals surface area contributed by atoms with Crippen molar-refractivity contribution in [3.63, 3.8) is 0 Å². The highest BCUT2D eigenvalue weighted by atomic mass is 16.4. The molecule has 1 heterocycles. The normalized spacial score (nSPS) is 19.1. The van der Waals surface area contributed by atoms with Gasteiger partial charge in [-0.05, 0) is 45.6 Å². The maximum Gasteiger partial charge on any atom is 0.314 e. The maximum absolute atomic E-state index is 11.8. The average Bonchev–Trinajstić information content (AvgIpc) is 2.46. The van der Waals surface area contributed by atoms with Crippen molar-refractivity contribution in [2.75, 3.05) is 40.3 Å². The summed E-state index contributed by atoms with van der Waals surface area (Å²) < 4.78 is 0. The van der Waals surface area contributed by atoms with Crippen LogP contribution in [0.1, 0.15) is 18.4 Å². The minimum atomic E-state index is -0.699. The van der Waals surface area contributed by atoms with E-state index in [1.54, 1.807) is 0 Å². The number of likely N-dealkylation sites (N-methyl/N-ethyl adjacent to an activating group) is 1. The first-order chi connectivity index (χ1) is 9.54. The fourth-order valence-electron chi connectivity index (χ4n) is 2.88. The Labute approximate surface area is 121 Å². The van der Waals surface area contributed by atoms with Crippen molar-refractivity contribution in [2.24, 2.45) is 0 Å². The molecule has 0 spiro atoms. The molecule has 0 aromatic heterocycles. The number of carboxylic acids is 1. The molecule has 0 atom stereocenters. The lowest BCUT2D eigenvalue weighted by Gasteiger charge is -2.39. The molecular weight excluding hydrogens is 252 g/mol. The monoisotopic (exact) mass is 276 g/mol. The molecule has 1 saturated heterocycles. The van der Waals surface area contributed by atoms with Crippen molar-refractivity contribution >= 4 is 5.97 Å². The summed E-state index contributed by atoms with van der Waals surface area (Å²) in [6, 6.07) is 9.69. The third kappa shape index (κ3) is 3.19. The van der Waals surface area contributed by atoms with E-state index in [0.29, 0.717) is 12.8 Å². The van der Waals surface area contributed by atoms with Gasteiger partial charge in [-0.1, -0.05) is 30.3 Å². The Morgan fingerprint density at radius 3 is 2.35 bits per heavy atom. The van der Waals surface area contributed by atoms with Crippen LogP contribution in [0.4, 0.5) is 0 Å². The molecule has 1 aliphatic heterocycles. The first-order valence-electron chi connectivity index (χ1n) is 7.20. The average molecular weight is 276 g/mol. The molecule has 0 unspecified atom stereocenters. The number of carbonyl (C=O) groups is 1. The maximum atomic E-state index is 11.8. The van der Waals surface area contributed by atoms with Gasteiger partial charge in [0, 0.05) is 13.1 Å². The summed E-state index contributed by atoms with van der Waals surface area (Å²) in [4.78, 5) is 16.4. The van der Waals surface area contributed by atoms with E-state index in [2.05, 4.69) is 23.9 Å². The Kier molecular flexibility index (Phi) is 4.78. The van der Waals surface area contributed by atoms with Gasteiger partial charge in [0.2, 0.25) is 0 Å². The molecule has 1 aromatic rings. The minimum absolute atomic E-state index is 0.684. The van der Waals surface area contributed by atoms with Crippen molar-refractivity contribution in [1.29, 1.82) is 0 Å². The summed E-state index contributed by atoms with van der Waals surface area (Å²) in [7, 11) is 4.13. The van der Waals surface area contributed by atoms with Gasteiger partial charge in [0.05, 0.1) is 5.41 Å². The van der Waals surface area contributed by atoms with E-state index >= 15 is 0 Å². The van der Waals surface area contributed by atoms with E-state index in [1.807, 2.05) is 30.3 Å². The van der Waals surface area contributed by atoms with Crippen molar-refractivity contribution in [2.45, 2.75) is 18.3 Å². The summed E-state index contributed by atoms with van der Waals surface area (Å²) in [6.45, 7) is 3.74. The third-order valence-electron chi connectivity index (χ3n) is 4.31. The van der Waals surface area contributed by atoms with Gasteiger partial charge in [-0.3, -0.25) is 4.79 Å². The number of piperidine rings is 1. The van der Waals surface area contributed by atoms with Crippen molar-refractivity contribution in [1.82, 2.24) is 9.80 Å². The van der Waals surface area contributed by atoms with Crippen LogP contribution in [0.5, 0.6) is 0 Å². The number of rotatable bonds is 5. The highest BCUT2D eigenvalue weighted by molar-refractivity contribution is 5.81. The molecule has 0 aliphatic carbocycles. The second-order valence-corrected chi connectivity index (χ2v) is 5.90. The van der Waals surface area contributed by atoms with Gasteiger partial charge >= 0.3 is 5.97 Å². The topological polar surface area (TPSA) is 43.8 Å². The minimum Gasteiger partial charge on any atom is -0.481 e. The van der Waals surface area contributed by atoms with Gasteiger partial charge in [0.1, 0.15) is 0 Å². The van der Waals surface area contributed by atoms with Crippen LogP contribution in [0.3, 0.4) is 0 Å². The lowest BCUT2D eigenvalue weighted by Crippen LogP contribution is -2.48. The molecular formula is C16H24N2O2. The van der Waals surface area contributed by atoms with Crippen molar-refractivity contribution < 1.29 is 9.90 Å². The molecule has 0 bridgehead atoms. The summed E-state index contributed by atoms with van der Waals surface area (Å²) in [5.74, 6) is -0.684. The molecule has 0 radical (unpaired) electrons.